The number of aromatic nitrogens is 1. The van der Waals surface area contributed by atoms with Crippen molar-refractivity contribution >= 4 is 16.7 Å². The standard InChI is InChI=1S/C16H20N2O2/c1-11(2)14(8-10-19)18-16(20)15-13-6-4-3-5-12(13)7-9-17-15/h3-7,9,11,14,19H,8,10H2,1-2H3,(H,18,20)/t14-/m1/s1. The van der Waals surface area contributed by atoms with E-state index in [1.807, 2.05) is 44.2 Å². The van der Waals surface area contributed by atoms with E-state index in [0.717, 1.165) is 10.8 Å². The predicted molar refractivity (Wildman–Crippen MR) is 79.5 cm³/mol. The maximum Gasteiger partial charge on any atom is 0.270 e. The Morgan fingerprint density at radius 3 is 2.75 bits per heavy atom. The first-order valence-electron chi connectivity index (χ1n) is 6.89. The molecule has 0 spiro atoms. The molecule has 0 saturated carbocycles. The van der Waals surface area contributed by atoms with Crippen LogP contribution < -0.4 is 5.32 Å². The van der Waals surface area contributed by atoms with Gasteiger partial charge in [0.25, 0.3) is 5.91 Å². The van der Waals surface area contributed by atoms with Crippen LogP contribution in [0.15, 0.2) is 36.5 Å². The summed E-state index contributed by atoms with van der Waals surface area (Å²) in [5.74, 6) is 0.0787. The molecule has 1 heterocycles. The molecule has 0 aliphatic heterocycles. The SMILES string of the molecule is CC(C)[C@@H](CCO)NC(=O)c1nccc2ccccc12. The number of benzene rings is 1. The number of hydrogen-bond donors (Lipinski definition) is 2. The first-order chi connectivity index (χ1) is 9.63. The van der Waals surface area contributed by atoms with E-state index in [2.05, 4.69) is 10.3 Å². The lowest BCUT2D eigenvalue weighted by Gasteiger charge is -2.21. The van der Waals surface area contributed by atoms with E-state index < -0.39 is 0 Å². The fourth-order valence-electron chi connectivity index (χ4n) is 2.25. The number of rotatable bonds is 5. The van der Waals surface area contributed by atoms with E-state index in [4.69, 9.17) is 5.11 Å². The third-order valence-electron chi connectivity index (χ3n) is 3.45. The summed E-state index contributed by atoms with van der Waals surface area (Å²) in [4.78, 5) is 16.6. The molecule has 1 aromatic carbocycles. The third kappa shape index (κ3) is 3.14. The lowest BCUT2D eigenvalue weighted by Crippen LogP contribution is -2.39. The molecule has 1 aromatic heterocycles. The number of carbonyl (C=O) groups is 1. The van der Waals surface area contributed by atoms with Crippen molar-refractivity contribution in [3.8, 4) is 0 Å². The quantitative estimate of drug-likeness (QED) is 0.878. The van der Waals surface area contributed by atoms with Gasteiger partial charge in [0, 0.05) is 24.2 Å². The second-order valence-corrected chi connectivity index (χ2v) is 5.22. The molecule has 1 atom stereocenters. The molecule has 1 amide bonds. The van der Waals surface area contributed by atoms with E-state index in [1.54, 1.807) is 6.20 Å². The van der Waals surface area contributed by atoms with Crippen molar-refractivity contribution in [2.24, 2.45) is 5.92 Å². The molecule has 0 aliphatic carbocycles. The number of hydrogen-bond acceptors (Lipinski definition) is 3. The summed E-state index contributed by atoms with van der Waals surface area (Å²) in [6.45, 7) is 4.11. The summed E-state index contributed by atoms with van der Waals surface area (Å²) in [6.07, 6.45) is 2.20. The fraction of sp³-hybridized carbons (Fsp3) is 0.375. The van der Waals surface area contributed by atoms with Gasteiger partial charge in [-0.25, -0.2) is 0 Å². The van der Waals surface area contributed by atoms with Gasteiger partial charge in [-0.15, -0.1) is 0 Å². The van der Waals surface area contributed by atoms with Crippen LogP contribution in [0.5, 0.6) is 0 Å². The maximum atomic E-state index is 12.4. The van der Waals surface area contributed by atoms with Crippen LogP contribution in [0.1, 0.15) is 30.8 Å². The average Bonchev–Trinajstić information content (AvgIpc) is 2.46. The molecule has 0 saturated heterocycles. The maximum absolute atomic E-state index is 12.4. The highest BCUT2D eigenvalue weighted by molar-refractivity contribution is 6.05. The molecular formula is C16H20N2O2. The summed E-state index contributed by atoms with van der Waals surface area (Å²) in [5.41, 5.74) is 0.437. The largest absolute Gasteiger partial charge is 0.396 e. The molecular weight excluding hydrogens is 252 g/mol. The molecule has 0 radical (unpaired) electrons. The Bertz CT molecular complexity index is 591. The van der Waals surface area contributed by atoms with Gasteiger partial charge < -0.3 is 10.4 Å². The fourth-order valence-corrected chi connectivity index (χ4v) is 2.25. The lowest BCUT2D eigenvalue weighted by atomic mass is 10.0. The minimum absolute atomic E-state index is 0.0479. The molecule has 4 nitrogen and oxygen atoms in total. The predicted octanol–water partition coefficient (Wildman–Crippen LogP) is 2.37. The summed E-state index contributed by atoms with van der Waals surface area (Å²) < 4.78 is 0. The molecule has 20 heavy (non-hydrogen) atoms. The van der Waals surface area contributed by atoms with Crippen LogP contribution in [-0.2, 0) is 0 Å². The number of nitrogens with zero attached hydrogens (tertiary/aromatic N) is 1. The monoisotopic (exact) mass is 272 g/mol. The van der Waals surface area contributed by atoms with Gasteiger partial charge in [0.1, 0.15) is 5.69 Å². The highest BCUT2D eigenvalue weighted by atomic mass is 16.3. The van der Waals surface area contributed by atoms with Crippen molar-refractivity contribution in [2.75, 3.05) is 6.61 Å². The van der Waals surface area contributed by atoms with Gasteiger partial charge in [-0.2, -0.15) is 0 Å². The third-order valence-corrected chi connectivity index (χ3v) is 3.45. The number of pyridine rings is 1. The summed E-state index contributed by atoms with van der Waals surface area (Å²) >= 11 is 0. The van der Waals surface area contributed by atoms with Gasteiger partial charge in [0.05, 0.1) is 0 Å². The van der Waals surface area contributed by atoms with Gasteiger partial charge in [-0.05, 0) is 23.8 Å². The van der Waals surface area contributed by atoms with Gasteiger partial charge in [0.2, 0.25) is 0 Å². The van der Waals surface area contributed by atoms with Crippen LogP contribution in [-0.4, -0.2) is 28.6 Å². The Kier molecular flexibility index (Phi) is 4.69. The Morgan fingerprint density at radius 2 is 2.05 bits per heavy atom. The van der Waals surface area contributed by atoms with Crippen LogP contribution in [0.2, 0.25) is 0 Å². The second kappa shape index (κ2) is 6.48. The van der Waals surface area contributed by atoms with E-state index >= 15 is 0 Å². The van der Waals surface area contributed by atoms with Crippen LogP contribution in [0.25, 0.3) is 10.8 Å². The number of carbonyl (C=O) groups excluding carboxylic acids is 1. The molecule has 2 N–H and O–H groups in total. The molecule has 2 rings (SSSR count). The van der Waals surface area contributed by atoms with Crippen molar-refractivity contribution in [3.63, 3.8) is 0 Å². The first kappa shape index (κ1) is 14.5. The minimum atomic E-state index is -0.186. The lowest BCUT2D eigenvalue weighted by molar-refractivity contribution is 0.0913. The van der Waals surface area contributed by atoms with Gasteiger partial charge in [-0.1, -0.05) is 38.1 Å². The highest BCUT2D eigenvalue weighted by Gasteiger charge is 2.18. The zero-order chi connectivity index (χ0) is 14.5. The summed E-state index contributed by atoms with van der Waals surface area (Å²) in [5, 5.41) is 13.9. The highest BCUT2D eigenvalue weighted by Crippen LogP contribution is 2.17. The van der Waals surface area contributed by atoms with Gasteiger partial charge in [0.15, 0.2) is 0 Å². The summed E-state index contributed by atoms with van der Waals surface area (Å²) in [6, 6.07) is 9.53. The molecule has 4 heteroatoms. The number of aliphatic hydroxyl groups excluding tert-OH is 1. The first-order valence-corrected chi connectivity index (χ1v) is 6.89. The molecule has 0 fully saturated rings. The molecule has 0 aliphatic rings. The topological polar surface area (TPSA) is 62.2 Å². The van der Waals surface area contributed by atoms with Gasteiger partial charge in [-0.3, -0.25) is 9.78 Å². The Balaban J connectivity index is 2.27. The molecule has 0 unspecified atom stereocenters. The average molecular weight is 272 g/mol. The minimum Gasteiger partial charge on any atom is -0.396 e. The normalized spacial score (nSPS) is 12.6. The van der Waals surface area contributed by atoms with Crippen LogP contribution in [0, 0.1) is 5.92 Å². The number of fused-ring (bicyclic) bond motifs is 1. The zero-order valence-corrected chi connectivity index (χ0v) is 11.8. The van der Waals surface area contributed by atoms with Crippen LogP contribution >= 0.6 is 0 Å². The second-order valence-electron chi connectivity index (χ2n) is 5.22. The Morgan fingerprint density at radius 1 is 1.30 bits per heavy atom. The van der Waals surface area contributed by atoms with E-state index in [1.165, 1.54) is 0 Å². The Hall–Kier alpha value is -1.94. The van der Waals surface area contributed by atoms with Crippen molar-refractivity contribution in [3.05, 3.63) is 42.2 Å². The zero-order valence-electron chi connectivity index (χ0n) is 11.8. The summed E-state index contributed by atoms with van der Waals surface area (Å²) in [7, 11) is 0. The van der Waals surface area contributed by atoms with Crippen molar-refractivity contribution in [1.29, 1.82) is 0 Å². The number of amides is 1. The van der Waals surface area contributed by atoms with Crippen molar-refractivity contribution in [2.45, 2.75) is 26.3 Å². The van der Waals surface area contributed by atoms with E-state index in [9.17, 15) is 4.79 Å². The van der Waals surface area contributed by atoms with Gasteiger partial charge >= 0.3 is 0 Å². The number of nitrogens with one attached hydrogen (secondary N) is 1. The Labute approximate surface area is 118 Å². The number of aliphatic hydroxyl groups is 1. The van der Waals surface area contributed by atoms with E-state index in [0.29, 0.717) is 12.1 Å². The molecule has 106 valence electrons. The molecule has 2 aromatic rings. The van der Waals surface area contributed by atoms with E-state index in [-0.39, 0.29) is 24.5 Å². The smallest absolute Gasteiger partial charge is 0.270 e. The van der Waals surface area contributed by atoms with Crippen LogP contribution in [0.3, 0.4) is 0 Å². The van der Waals surface area contributed by atoms with Crippen molar-refractivity contribution in [1.82, 2.24) is 10.3 Å². The molecule has 0 bridgehead atoms. The van der Waals surface area contributed by atoms with Crippen molar-refractivity contribution < 1.29 is 9.90 Å². The van der Waals surface area contributed by atoms with Crippen LogP contribution in [0.4, 0.5) is 0 Å².